The topological polar surface area (TPSA) is 40.5 Å². The van der Waals surface area contributed by atoms with E-state index in [0.29, 0.717) is 6.54 Å². The Hall–Kier alpha value is -0.570. The largest absolute Gasteiger partial charge is 0.481 e. The van der Waals surface area contributed by atoms with Crippen LogP contribution in [0.2, 0.25) is 0 Å². The van der Waals surface area contributed by atoms with Crippen molar-refractivity contribution in [3.8, 4) is 0 Å². The highest BCUT2D eigenvalue weighted by Gasteiger charge is 2.17. The van der Waals surface area contributed by atoms with E-state index in [1.165, 1.54) is 0 Å². The standard InChI is InChI=1S/C11H23NO2/c1-4-7-12(8-5-2)9-10(6-3)11(13)14/h10H,4-9H2,1-3H3,(H,13,14). The quantitative estimate of drug-likeness (QED) is 0.654. The van der Waals surface area contributed by atoms with E-state index in [0.717, 1.165) is 32.4 Å². The van der Waals surface area contributed by atoms with E-state index in [1.54, 1.807) is 0 Å². The molecule has 0 aliphatic rings. The maximum atomic E-state index is 10.8. The molecule has 0 amide bonds. The molecule has 1 unspecified atom stereocenters. The van der Waals surface area contributed by atoms with Crippen molar-refractivity contribution in [3.63, 3.8) is 0 Å². The van der Waals surface area contributed by atoms with E-state index in [1.807, 2.05) is 6.92 Å². The molecule has 3 heteroatoms. The molecule has 0 rings (SSSR count). The summed E-state index contributed by atoms with van der Waals surface area (Å²) in [5.41, 5.74) is 0. The van der Waals surface area contributed by atoms with Crippen LogP contribution in [0.3, 0.4) is 0 Å². The minimum atomic E-state index is -0.662. The average Bonchev–Trinajstić information content (AvgIpc) is 2.14. The molecule has 0 heterocycles. The predicted octanol–water partition coefficient (Wildman–Crippen LogP) is 2.22. The highest BCUT2D eigenvalue weighted by Crippen LogP contribution is 2.07. The van der Waals surface area contributed by atoms with Crippen LogP contribution in [0, 0.1) is 5.92 Å². The number of carboxylic acid groups (broad SMARTS) is 1. The van der Waals surface area contributed by atoms with Crippen molar-refractivity contribution in [1.82, 2.24) is 4.90 Å². The van der Waals surface area contributed by atoms with E-state index < -0.39 is 5.97 Å². The molecule has 0 radical (unpaired) electrons. The maximum Gasteiger partial charge on any atom is 0.307 e. The first kappa shape index (κ1) is 13.4. The van der Waals surface area contributed by atoms with Crippen molar-refractivity contribution >= 4 is 5.97 Å². The summed E-state index contributed by atoms with van der Waals surface area (Å²) in [5.74, 6) is -0.863. The summed E-state index contributed by atoms with van der Waals surface area (Å²) in [6.07, 6.45) is 2.91. The van der Waals surface area contributed by atoms with Gasteiger partial charge < -0.3 is 10.0 Å². The molecule has 3 nitrogen and oxygen atoms in total. The number of rotatable bonds is 8. The second-order valence-corrected chi connectivity index (χ2v) is 3.74. The summed E-state index contributed by atoms with van der Waals surface area (Å²) in [7, 11) is 0. The van der Waals surface area contributed by atoms with Gasteiger partial charge in [0.1, 0.15) is 0 Å². The van der Waals surface area contributed by atoms with Crippen LogP contribution in [0.1, 0.15) is 40.0 Å². The minimum Gasteiger partial charge on any atom is -0.481 e. The van der Waals surface area contributed by atoms with E-state index in [9.17, 15) is 4.79 Å². The van der Waals surface area contributed by atoms with E-state index in [4.69, 9.17) is 5.11 Å². The van der Waals surface area contributed by atoms with Crippen LogP contribution < -0.4 is 0 Å². The Morgan fingerprint density at radius 2 is 1.71 bits per heavy atom. The molecule has 0 fully saturated rings. The summed E-state index contributed by atoms with van der Waals surface area (Å²) in [5, 5.41) is 8.93. The summed E-state index contributed by atoms with van der Waals surface area (Å²) >= 11 is 0. The van der Waals surface area contributed by atoms with Crippen LogP contribution in [-0.2, 0) is 4.79 Å². The van der Waals surface area contributed by atoms with E-state index in [-0.39, 0.29) is 5.92 Å². The molecule has 14 heavy (non-hydrogen) atoms. The molecule has 1 N–H and O–H groups in total. The molecule has 0 spiro atoms. The van der Waals surface area contributed by atoms with Crippen molar-refractivity contribution in [2.75, 3.05) is 19.6 Å². The lowest BCUT2D eigenvalue weighted by molar-refractivity contribution is -0.142. The lowest BCUT2D eigenvalue weighted by Gasteiger charge is -2.23. The third-order valence-electron chi connectivity index (χ3n) is 2.40. The summed E-state index contributed by atoms with van der Waals surface area (Å²) in [6, 6.07) is 0. The Morgan fingerprint density at radius 3 is 2.00 bits per heavy atom. The molecule has 0 saturated carbocycles. The van der Waals surface area contributed by atoms with Crippen molar-refractivity contribution in [3.05, 3.63) is 0 Å². The highest BCUT2D eigenvalue weighted by atomic mass is 16.4. The van der Waals surface area contributed by atoms with Gasteiger partial charge in [-0.25, -0.2) is 0 Å². The number of hydrogen-bond acceptors (Lipinski definition) is 2. The Labute approximate surface area is 87.1 Å². The number of hydrogen-bond donors (Lipinski definition) is 1. The summed E-state index contributed by atoms with van der Waals surface area (Å²) in [4.78, 5) is 13.1. The maximum absolute atomic E-state index is 10.8. The van der Waals surface area contributed by atoms with Crippen LogP contribution in [0.4, 0.5) is 0 Å². The zero-order valence-corrected chi connectivity index (χ0v) is 9.62. The normalized spacial score (nSPS) is 13.1. The molecule has 0 aliphatic heterocycles. The van der Waals surface area contributed by atoms with Gasteiger partial charge in [0.2, 0.25) is 0 Å². The van der Waals surface area contributed by atoms with Crippen molar-refractivity contribution in [2.24, 2.45) is 5.92 Å². The summed E-state index contributed by atoms with van der Waals surface area (Å²) < 4.78 is 0. The first-order valence-corrected chi connectivity index (χ1v) is 5.60. The third kappa shape index (κ3) is 5.22. The van der Waals surface area contributed by atoms with Crippen LogP contribution in [-0.4, -0.2) is 35.6 Å². The second kappa shape index (κ2) is 7.80. The van der Waals surface area contributed by atoms with Gasteiger partial charge in [0.15, 0.2) is 0 Å². The van der Waals surface area contributed by atoms with Gasteiger partial charge in [-0.05, 0) is 32.4 Å². The monoisotopic (exact) mass is 201 g/mol. The fourth-order valence-electron chi connectivity index (χ4n) is 1.62. The van der Waals surface area contributed by atoms with Gasteiger partial charge in [0.25, 0.3) is 0 Å². The van der Waals surface area contributed by atoms with Gasteiger partial charge in [-0.15, -0.1) is 0 Å². The van der Waals surface area contributed by atoms with Crippen molar-refractivity contribution in [2.45, 2.75) is 40.0 Å². The van der Waals surface area contributed by atoms with Gasteiger partial charge >= 0.3 is 5.97 Å². The molecular formula is C11H23NO2. The zero-order chi connectivity index (χ0) is 11.0. The molecule has 0 saturated heterocycles. The van der Waals surface area contributed by atoms with Crippen LogP contribution >= 0.6 is 0 Å². The number of nitrogens with zero attached hydrogens (tertiary/aromatic N) is 1. The second-order valence-electron chi connectivity index (χ2n) is 3.74. The van der Waals surface area contributed by atoms with Gasteiger partial charge in [-0.3, -0.25) is 4.79 Å². The highest BCUT2D eigenvalue weighted by molar-refractivity contribution is 5.70. The smallest absolute Gasteiger partial charge is 0.307 e. The molecule has 0 bridgehead atoms. The van der Waals surface area contributed by atoms with Gasteiger partial charge in [0, 0.05) is 6.54 Å². The zero-order valence-electron chi connectivity index (χ0n) is 9.62. The molecule has 0 aromatic heterocycles. The first-order chi connectivity index (χ1) is 6.65. The molecule has 84 valence electrons. The van der Waals surface area contributed by atoms with E-state index >= 15 is 0 Å². The SMILES string of the molecule is CCCN(CCC)CC(CC)C(=O)O. The predicted molar refractivity (Wildman–Crippen MR) is 58.4 cm³/mol. The Balaban J connectivity index is 4.03. The van der Waals surface area contributed by atoms with Crippen LogP contribution in [0.15, 0.2) is 0 Å². The summed E-state index contributed by atoms with van der Waals surface area (Å²) in [6.45, 7) is 8.92. The minimum absolute atomic E-state index is 0.201. The fourth-order valence-corrected chi connectivity index (χ4v) is 1.62. The number of aliphatic carboxylic acids is 1. The number of carboxylic acids is 1. The van der Waals surface area contributed by atoms with Gasteiger partial charge in [-0.2, -0.15) is 0 Å². The van der Waals surface area contributed by atoms with E-state index in [2.05, 4.69) is 18.7 Å². The van der Waals surface area contributed by atoms with Crippen LogP contribution in [0.25, 0.3) is 0 Å². The fraction of sp³-hybridized carbons (Fsp3) is 0.909. The molecule has 1 atom stereocenters. The van der Waals surface area contributed by atoms with Gasteiger partial charge in [0.05, 0.1) is 5.92 Å². The molecule has 0 aromatic rings. The third-order valence-corrected chi connectivity index (χ3v) is 2.40. The van der Waals surface area contributed by atoms with Crippen molar-refractivity contribution in [1.29, 1.82) is 0 Å². The van der Waals surface area contributed by atoms with Crippen LogP contribution in [0.5, 0.6) is 0 Å². The molecule has 0 aliphatic carbocycles. The Bertz CT molecular complexity index is 153. The first-order valence-electron chi connectivity index (χ1n) is 5.60. The average molecular weight is 201 g/mol. The number of carbonyl (C=O) groups is 1. The molecular weight excluding hydrogens is 178 g/mol. The van der Waals surface area contributed by atoms with Crippen molar-refractivity contribution < 1.29 is 9.90 Å². The van der Waals surface area contributed by atoms with Gasteiger partial charge in [-0.1, -0.05) is 20.8 Å². The Kier molecular flexibility index (Phi) is 7.48. The molecule has 0 aromatic carbocycles. The lowest BCUT2D eigenvalue weighted by atomic mass is 10.1. The Morgan fingerprint density at radius 1 is 1.21 bits per heavy atom. The lowest BCUT2D eigenvalue weighted by Crippen LogP contribution is -2.34.